The summed E-state index contributed by atoms with van der Waals surface area (Å²) >= 11 is 0. The third-order valence-corrected chi connectivity index (χ3v) is 11.9. The summed E-state index contributed by atoms with van der Waals surface area (Å²) in [4.78, 5) is 2.01. The van der Waals surface area contributed by atoms with E-state index in [-0.39, 0.29) is 11.6 Å². The summed E-state index contributed by atoms with van der Waals surface area (Å²) in [5, 5.41) is 2.24. The standard InChI is InChI=1S/C25H33F2NOSi/c1-23(2,3)30(21-11-7-5-8-12-21,22-13-9-6-10-14-22)29-19-25-15-20(26)16-28(25)18-24(4,27)17-25/h5-14,20H,15-19H2,1-4H3/t20-,24?,25-/m1/s1. The molecule has 3 atom stereocenters. The fourth-order valence-corrected chi connectivity index (χ4v) is 10.4. The fraction of sp³-hybridized carbons (Fsp3) is 0.520. The van der Waals surface area contributed by atoms with E-state index in [0.717, 1.165) is 0 Å². The van der Waals surface area contributed by atoms with Crippen molar-refractivity contribution in [2.45, 2.75) is 63.0 Å². The number of rotatable bonds is 5. The predicted octanol–water partition coefficient (Wildman–Crippen LogP) is 4.48. The highest BCUT2D eigenvalue weighted by Crippen LogP contribution is 2.47. The lowest BCUT2D eigenvalue weighted by atomic mass is 9.90. The molecule has 162 valence electrons. The molecule has 0 aliphatic carbocycles. The Kier molecular flexibility index (Phi) is 5.44. The zero-order valence-electron chi connectivity index (χ0n) is 18.5. The summed E-state index contributed by atoms with van der Waals surface area (Å²) in [5.74, 6) is 0. The molecule has 2 aromatic carbocycles. The Morgan fingerprint density at radius 2 is 1.57 bits per heavy atom. The molecule has 0 bridgehead atoms. The summed E-state index contributed by atoms with van der Waals surface area (Å²) in [6.07, 6.45) is -0.229. The summed E-state index contributed by atoms with van der Waals surface area (Å²) in [5.41, 5.74) is -1.86. The Bertz CT molecular complexity index is 828. The first-order valence-electron chi connectivity index (χ1n) is 10.9. The molecular formula is C25H33F2NOSi. The second kappa shape index (κ2) is 7.54. The van der Waals surface area contributed by atoms with E-state index < -0.39 is 25.7 Å². The van der Waals surface area contributed by atoms with Crippen LogP contribution in [0.4, 0.5) is 8.78 Å². The van der Waals surface area contributed by atoms with Gasteiger partial charge in [-0.05, 0) is 22.3 Å². The Balaban J connectivity index is 1.78. The third-order valence-electron chi connectivity index (χ3n) is 6.88. The molecule has 0 radical (unpaired) electrons. The summed E-state index contributed by atoms with van der Waals surface area (Å²) in [6.45, 7) is 9.30. The van der Waals surface area contributed by atoms with Crippen LogP contribution in [-0.4, -0.2) is 50.3 Å². The van der Waals surface area contributed by atoms with Crippen LogP contribution < -0.4 is 10.4 Å². The van der Waals surface area contributed by atoms with Crippen LogP contribution in [0.5, 0.6) is 0 Å². The molecule has 1 unspecified atom stereocenters. The van der Waals surface area contributed by atoms with Crippen molar-refractivity contribution in [3.63, 3.8) is 0 Å². The number of hydrogen-bond acceptors (Lipinski definition) is 2. The quantitative estimate of drug-likeness (QED) is 0.650. The van der Waals surface area contributed by atoms with Crippen LogP contribution in [0.1, 0.15) is 40.5 Å². The van der Waals surface area contributed by atoms with Gasteiger partial charge in [-0.15, -0.1) is 0 Å². The molecule has 5 heteroatoms. The zero-order valence-corrected chi connectivity index (χ0v) is 19.5. The average molecular weight is 430 g/mol. The number of alkyl halides is 2. The summed E-state index contributed by atoms with van der Waals surface area (Å²) in [6, 6.07) is 20.9. The largest absolute Gasteiger partial charge is 0.406 e. The monoisotopic (exact) mass is 429 g/mol. The number of halogens is 2. The van der Waals surface area contributed by atoms with Gasteiger partial charge in [-0.25, -0.2) is 8.78 Å². The van der Waals surface area contributed by atoms with E-state index >= 15 is 0 Å². The van der Waals surface area contributed by atoms with Crippen molar-refractivity contribution in [1.82, 2.24) is 4.90 Å². The number of fused-ring (bicyclic) bond motifs is 1. The molecule has 2 heterocycles. The minimum atomic E-state index is -2.72. The molecule has 2 nitrogen and oxygen atoms in total. The van der Waals surface area contributed by atoms with Crippen LogP contribution in [0.3, 0.4) is 0 Å². The maximum absolute atomic E-state index is 15.0. The van der Waals surface area contributed by atoms with Crippen LogP contribution in [0.25, 0.3) is 0 Å². The molecule has 2 aliphatic rings. The molecule has 30 heavy (non-hydrogen) atoms. The van der Waals surface area contributed by atoms with Crippen molar-refractivity contribution in [3.8, 4) is 0 Å². The molecule has 0 amide bonds. The van der Waals surface area contributed by atoms with Crippen LogP contribution in [0.15, 0.2) is 60.7 Å². The van der Waals surface area contributed by atoms with E-state index in [0.29, 0.717) is 26.0 Å². The van der Waals surface area contributed by atoms with Crippen LogP contribution in [-0.2, 0) is 4.43 Å². The van der Waals surface area contributed by atoms with Gasteiger partial charge in [0.05, 0.1) is 6.61 Å². The van der Waals surface area contributed by atoms with Gasteiger partial charge in [0.15, 0.2) is 0 Å². The Labute approximate surface area is 180 Å². The molecular weight excluding hydrogens is 396 g/mol. The molecule has 2 fully saturated rings. The first-order valence-corrected chi connectivity index (χ1v) is 12.8. The lowest BCUT2D eigenvalue weighted by molar-refractivity contribution is 0.106. The van der Waals surface area contributed by atoms with Crippen molar-refractivity contribution < 1.29 is 13.2 Å². The second-order valence-corrected chi connectivity index (χ2v) is 14.8. The normalized spacial score (nSPS) is 29.9. The molecule has 4 rings (SSSR count). The maximum Gasteiger partial charge on any atom is 0.261 e. The number of benzene rings is 2. The van der Waals surface area contributed by atoms with Gasteiger partial charge < -0.3 is 4.43 Å². The van der Waals surface area contributed by atoms with Crippen LogP contribution in [0, 0.1) is 0 Å². The van der Waals surface area contributed by atoms with Gasteiger partial charge >= 0.3 is 0 Å². The summed E-state index contributed by atoms with van der Waals surface area (Å²) < 4.78 is 36.5. The average Bonchev–Trinajstić information content (AvgIpc) is 3.09. The molecule has 2 saturated heterocycles. The van der Waals surface area contributed by atoms with E-state index in [1.165, 1.54) is 10.4 Å². The zero-order chi connectivity index (χ0) is 21.6. The third kappa shape index (κ3) is 3.65. The molecule has 2 aliphatic heterocycles. The fourth-order valence-electron chi connectivity index (χ4n) is 5.80. The van der Waals surface area contributed by atoms with Gasteiger partial charge in [-0.2, -0.15) is 0 Å². The van der Waals surface area contributed by atoms with E-state index in [4.69, 9.17) is 4.43 Å². The molecule has 0 aromatic heterocycles. The lowest BCUT2D eigenvalue weighted by Gasteiger charge is -2.45. The van der Waals surface area contributed by atoms with Crippen molar-refractivity contribution in [3.05, 3.63) is 60.7 Å². The van der Waals surface area contributed by atoms with Crippen LogP contribution >= 0.6 is 0 Å². The smallest absolute Gasteiger partial charge is 0.261 e. The van der Waals surface area contributed by atoms with E-state index in [1.807, 2.05) is 17.0 Å². The van der Waals surface area contributed by atoms with E-state index in [9.17, 15) is 8.78 Å². The first-order chi connectivity index (χ1) is 14.1. The van der Waals surface area contributed by atoms with Gasteiger partial charge in [0.2, 0.25) is 0 Å². The topological polar surface area (TPSA) is 12.5 Å². The number of nitrogens with zero attached hydrogens (tertiary/aromatic N) is 1. The highest BCUT2D eigenvalue weighted by Gasteiger charge is 2.59. The number of hydrogen-bond donors (Lipinski definition) is 0. The van der Waals surface area contributed by atoms with Crippen molar-refractivity contribution in [2.24, 2.45) is 0 Å². The Hall–Kier alpha value is -1.56. The van der Waals surface area contributed by atoms with E-state index in [1.54, 1.807) is 6.92 Å². The van der Waals surface area contributed by atoms with Gasteiger partial charge in [-0.1, -0.05) is 81.4 Å². The lowest BCUT2D eigenvalue weighted by Crippen LogP contribution is -2.68. The van der Waals surface area contributed by atoms with Gasteiger partial charge in [0, 0.05) is 31.5 Å². The SMILES string of the molecule is CC1(F)CN2C[C@H](F)C[C@]2(CO[Si](c2ccccc2)(c2ccccc2)C(C)(C)C)C1. The Morgan fingerprint density at radius 1 is 1.03 bits per heavy atom. The van der Waals surface area contributed by atoms with Gasteiger partial charge in [-0.3, -0.25) is 4.90 Å². The molecule has 2 aromatic rings. The first kappa shape index (κ1) is 21.7. The molecule has 0 spiro atoms. The van der Waals surface area contributed by atoms with Crippen molar-refractivity contribution in [1.29, 1.82) is 0 Å². The molecule has 0 saturated carbocycles. The van der Waals surface area contributed by atoms with Crippen molar-refractivity contribution in [2.75, 3.05) is 19.7 Å². The molecule has 0 N–H and O–H groups in total. The predicted molar refractivity (Wildman–Crippen MR) is 122 cm³/mol. The highest BCUT2D eigenvalue weighted by molar-refractivity contribution is 6.99. The van der Waals surface area contributed by atoms with Gasteiger partial charge in [0.25, 0.3) is 8.32 Å². The Morgan fingerprint density at radius 3 is 2.07 bits per heavy atom. The van der Waals surface area contributed by atoms with Crippen molar-refractivity contribution >= 4 is 18.7 Å². The summed E-state index contributed by atoms with van der Waals surface area (Å²) in [7, 11) is -2.72. The minimum Gasteiger partial charge on any atom is -0.406 e. The second-order valence-electron chi connectivity index (χ2n) is 10.4. The van der Waals surface area contributed by atoms with Gasteiger partial charge in [0.1, 0.15) is 11.8 Å². The minimum absolute atomic E-state index is 0.150. The maximum atomic E-state index is 15.0. The van der Waals surface area contributed by atoms with Crippen LogP contribution in [0.2, 0.25) is 5.04 Å². The van der Waals surface area contributed by atoms with E-state index in [2.05, 4.69) is 69.3 Å². The highest BCUT2D eigenvalue weighted by atomic mass is 28.4.